The molecule has 0 heterocycles. The molecule has 4 N–H and O–H groups in total. The molecule has 62 valence electrons. The second-order valence-corrected chi connectivity index (χ2v) is 2.28. The number of benzene rings is 1. The average molecular weight is 152 g/mol. The minimum atomic E-state index is 0. The lowest BCUT2D eigenvalue weighted by molar-refractivity contribution is 0.969. The van der Waals surface area contributed by atoms with Gasteiger partial charge >= 0.3 is 0 Å². The van der Waals surface area contributed by atoms with Crippen LogP contribution in [0, 0.1) is 0 Å². The molecule has 0 aromatic heterocycles. The van der Waals surface area contributed by atoms with Crippen LogP contribution in [-0.2, 0) is 6.42 Å². The van der Waals surface area contributed by atoms with Crippen LogP contribution >= 0.6 is 0 Å². The minimum absolute atomic E-state index is 0. The fraction of sp³-hybridized carbons (Fsp3) is 0.333. The van der Waals surface area contributed by atoms with Crippen LogP contribution in [0.1, 0.15) is 13.0 Å². The van der Waals surface area contributed by atoms with E-state index in [0.29, 0.717) is 6.54 Å². The number of anilines is 1. The fourth-order valence-electron chi connectivity index (χ4n) is 0.851. The van der Waals surface area contributed by atoms with Crippen molar-refractivity contribution >= 4 is 5.69 Å². The van der Waals surface area contributed by atoms with E-state index >= 15 is 0 Å². The van der Waals surface area contributed by atoms with E-state index in [4.69, 9.17) is 11.5 Å². The molecular formula is C9H16N2. The highest BCUT2D eigenvalue weighted by atomic mass is 14.5. The summed E-state index contributed by atoms with van der Waals surface area (Å²) >= 11 is 0. The van der Waals surface area contributed by atoms with Crippen molar-refractivity contribution in [2.45, 2.75) is 13.8 Å². The van der Waals surface area contributed by atoms with E-state index in [1.54, 1.807) is 0 Å². The van der Waals surface area contributed by atoms with Crippen molar-refractivity contribution in [1.29, 1.82) is 0 Å². The van der Waals surface area contributed by atoms with Gasteiger partial charge in [0.05, 0.1) is 0 Å². The van der Waals surface area contributed by atoms with Crippen molar-refractivity contribution < 1.29 is 0 Å². The van der Waals surface area contributed by atoms with Gasteiger partial charge in [0, 0.05) is 5.69 Å². The van der Waals surface area contributed by atoms with Crippen LogP contribution in [0.5, 0.6) is 0 Å². The highest BCUT2D eigenvalue weighted by Gasteiger charge is 1.88. The molecule has 0 saturated carbocycles. The molecule has 0 atom stereocenters. The number of nitrogen functional groups attached to an aromatic ring is 1. The van der Waals surface area contributed by atoms with E-state index in [9.17, 15) is 0 Å². The Morgan fingerprint density at radius 3 is 2.09 bits per heavy atom. The van der Waals surface area contributed by atoms with E-state index in [1.807, 2.05) is 24.3 Å². The Morgan fingerprint density at radius 1 is 1.09 bits per heavy atom. The van der Waals surface area contributed by atoms with Crippen molar-refractivity contribution in [3.63, 3.8) is 0 Å². The molecule has 0 aliphatic carbocycles. The normalized spacial score (nSPS) is 8.82. The lowest BCUT2D eigenvalue weighted by atomic mass is 10.1. The van der Waals surface area contributed by atoms with E-state index in [0.717, 1.165) is 12.1 Å². The molecule has 0 amide bonds. The van der Waals surface area contributed by atoms with Crippen LogP contribution in [0.15, 0.2) is 24.3 Å². The van der Waals surface area contributed by atoms with Crippen LogP contribution < -0.4 is 11.5 Å². The molecule has 0 bridgehead atoms. The molecule has 2 heteroatoms. The van der Waals surface area contributed by atoms with Crippen molar-refractivity contribution in [3.05, 3.63) is 29.8 Å². The van der Waals surface area contributed by atoms with Crippen molar-refractivity contribution in [1.82, 2.24) is 0 Å². The van der Waals surface area contributed by atoms with Gasteiger partial charge in [-0.1, -0.05) is 19.6 Å². The predicted molar refractivity (Wildman–Crippen MR) is 50.3 cm³/mol. The third-order valence-corrected chi connectivity index (χ3v) is 1.41. The van der Waals surface area contributed by atoms with E-state index in [2.05, 4.69) is 0 Å². The van der Waals surface area contributed by atoms with Crippen LogP contribution in [0.4, 0.5) is 5.69 Å². The maximum atomic E-state index is 5.49. The molecule has 0 radical (unpaired) electrons. The molecule has 0 fully saturated rings. The molecule has 0 saturated heterocycles. The Bertz CT molecular complexity index is 191. The number of hydrogen-bond donors (Lipinski definition) is 2. The molecule has 0 aliphatic heterocycles. The van der Waals surface area contributed by atoms with Crippen LogP contribution in [0.3, 0.4) is 0 Å². The Balaban J connectivity index is 0.000001000. The zero-order valence-corrected chi connectivity index (χ0v) is 5.88. The van der Waals surface area contributed by atoms with Gasteiger partial charge < -0.3 is 11.5 Å². The van der Waals surface area contributed by atoms with Gasteiger partial charge in [-0.25, -0.2) is 0 Å². The average Bonchev–Trinajstić information content (AvgIpc) is 1.95. The SMILES string of the molecule is C.NCCc1ccc(N)cc1. The summed E-state index contributed by atoms with van der Waals surface area (Å²) in [6.07, 6.45) is 0.931. The number of hydrogen-bond acceptors (Lipinski definition) is 2. The first-order chi connectivity index (χ1) is 4.83. The topological polar surface area (TPSA) is 52.0 Å². The molecular weight excluding hydrogens is 136 g/mol. The van der Waals surface area contributed by atoms with E-state index < -0.39 is 0 Å². The summed E-state index contributed by atoms with van der Waals surface area (Å²) in [5, 5.41) is 0. The lowest BCUT2D eigenvalue weighted by Gasteiger charge is -1.97. The van der Waals surface area contributed by atoms with Crippen molar-refractivity contribution in [2.24, 2.45) is 5.73 Å². The molecule has 0 aliphatic rings. The third-order valence-electron chi connectivity index (χ3n) is 1.41. The van der Waals surface area contributed by atoms with Gasteiger partial charge in [0.2, 0.25) is 0 Å². The van der Waals surface area contributed by atoms with Crippen molar-refractivity contribution in [2.75, 3.05) is 12.3 Å². The molecule has 0 unspecified atom stereocenters. The first-order valence-corrected chi connectivity index (χ1v) is 3.37. The first kappa shape index (κ1) is 9.98. The second-order valence-electron chi connectivity index (χ2n) is 2.28. The Hall–Kier alpha value is -1.02. The Labute approximate surface area is 68.2 Å². The smallest absolute Gasteiger partial charge is 0.0314 e. The second kappa shape index (κ2) is 4.74. The predicted octanol–water partition coefficient (Wildman–Crippen LogP) is 1.41. The molecule has 1 aromatic rings. The molecule has 2 nitrogen and oxygen atoms in total. The van der Waals surface area contributed by atoms with Crippen LogP contribution in [-0.4, -0.2) is 6.54 Å². The zero-order valence-electron chi connectivity index (χ0n) is 5.88. The van der Waals surface area contributed by atoms with E-state index in [-0.39, 0.29) is 7.43 Å². The lowest BCUT2D eigenvalue weighted by Crippen LogP contribution is -2.02. The van der Waals surface area contributed by atoms with Gasteiger partial charge in [-0.15, -0.1) is 0 Å². The highest BCUT2D eigenvalue weighted by molar-refractivity contribution is 5.39. The fourth-order valence-corrected chi connectivity index (χ4v) is 0.851. The van der Waals surface area contributed by atoms with Crippen LogP contribution in [0.2, 0.25) is 0 Å². The quantitative estimate of drug-likeness (QED) is 0.629. The van der Waals surface area contributed by atoms with Crippen molar-refractivity contribution in [3.8, 4) is 0 Å². The van der Waals surface area contributed by atoms with Crippen LogP contribution in [0.25, 0.3) is 0 Å². The molecule has 1 aromatic carbocycles. The number of rotatable bonds is 2. The summed E-state index contributed by atoms with van der Waals surface area (Å²) < 4.78 is 0. The van der Waals surface area contributed by atoms with Gasteiger partial charge in [-0.05, 0) is 30.7 Å². The summed E-state index contributed by atoms with van der Waals surface area (Å²) in [6.45, 7) is 0.698. The summed E-state index contributed by atoms with van der Waals surface area (Å²) in [7, 11) is 0. The first-order valence-electron chi connectivity index (χ1n) is 3.37. The zero-order chi connectivity index (χ0) is 7.40. The summed E-state index contributed by atoms with van der Waals surface area (Å²) in [5.41, 5.74) is 12.9. The van der Waals surface area contributed by atoms with Gasteiger partial charge in [0.1, 0.15) is 0 Å². The highest BCUT2D eigenvalue weighted by Crippen LogP contribution is 2.04. The Kier molecular flexibility index (Phi) is 4.30. The summed E-state index contributed by atoms with van der Waals surface area (Å²) in [4.78, 5) is 0. The Morgan fingerprint density at radius 2 is 1.64 bits per heavy atom. The van der Waals surface area contributed by atoms with Gasteiger partial charge in [-0.2, -0.15) is 0 Å². The van der Waals surface area contributed by atoms with E-state index in [1.165, 1.54) is 5.56 Å². The standard InChI is InChI=1S/C8H12N2.CH4/c9-6-5-7-1-3-8(10)4-2-7;/h1-4H,5-6,9-10H2;1H4. The monoisotopic (exact) mass is 152 g/mol. The molecule has 1 rings (SSSR count). The minimum Gasteiger partial charge on any atom is -0.399 e. The maximum absolute atomic E-state index is 5.49. The largest absolute Gasteiger partial charge is 0.399 e. The molecule has 0 spiro atoms. The summed E-state index contributed by atoms with van der Waals surface area (Å²) in [6, 6.07) is 7.79. The number of nitrogens with two attached hydrogens (primary N) is 2. The molecule has 11 heavy (non-hydrogen) atoms. The summed E-state index contributed by atoms with van der Waals surface area (Å²) in [5.74, 6) is 0. The van der Waals surface area contributed by atoms with Gasteiger partial charge in [-0.3, -0.25) is 0 Å². The van der Waals surface area contributed by atoms with Gasteiger partial charge in [0.25, 0.3) is 0 Å². The maximum Gasteiger partial charge on any atom is 0.0314 e. The van der Waals surface area contributed by atoms with Gasteiger partial charge in [0.15, 0.2) is 0 Å². The third kappa shape index (κ3) is 3.05.